The van der Waals surface area contributed by atoms with E-state index in [1.54, 1.807) is 0 Å². The molecule has 2 aliphatic carbocycles. The number of hydrogen-bond acceptors (Lipinski definition) is 5. The second kappa shape index (κ2) is 9.12. The summed E-state index contributed by atoms with van der Waals surface area (Å²) in [6, 6.07) is 6.79. The second-order valence-corrected chi connectivity index (χ2v) is 11.9. The van der Waals surface area contributed by atoms with E-state index in [0.717, 1.165) is 6.07 Å². The molecule has 186 valence electrons. The molecule has 1 amide bonds. The summed E-state index contributed by atoms with van der Waals surface area (Å²) in [7, 11) is -4.05. The first-order valence-corrected chi connectivity index (χ1v) is 12.9. The van der Waals surface area contributed by atoms with Crippen LogP contribution in [0.2, 0.25) is 5.02 Å². The molecule has 35 heavy (non-hydrogen) atoms. The molecule has 0 saturated heterocycles. The van der Waals surface area contributed by atoms with E-state index in [-0.39, 0.29) is 52.3 Å². The van der Waals surface area contributed by atoms with Crippen molar-refractivity contribution in [3.8, 4) is 6.07 Å². The Labute approximate surface area is 205 Å². The van der Waals surface area contributed by atoms with Gasteiger partial charge in [0.05, 0.1) is 33.3 Å². The molecule has 2 aromatic rings. The monoisotopic (exact) mass is 526 g/mol. The second-order valence-electron chi connectivity index (χ2n) is 9.47. The van der Waals surface area contributed by atoms with Gasteiger partial charge in [0.2, 0.25) is 0 Å². The lowest BCUT2D eigenvalue weighted by Gasteiger charge is -2.40. The molecule has 2 bridgehead atoms. The Hall–Kier alpha value is -2.61. The first-order valence-electron chi connectivity index (χ1n) is 10.9. The van der Waals surface area contributed by atoms with Gasteiger partial charge in [-0.25, -0.2) is 21.6 Å². The lowest BCUT2D eigenvalue weighted by Crippen LogP contribution is -2.46. The number of amides is 1. The Morgan fingerprint density at radius 1 is 1.23 bits per heavy atom. The number of nitrogens with one attached hydrogen (secondary N) is 1. The standard InChI is InChI=1S/C24H22ClF3N2O4S/c1-12-6-14-10-24(32,4-5-29)11-16(12)22(14)35(33,34)20-7-13(2-3-17(20)25)23(31)30-15-8-18(26)21(28)19(27)9-15/h2-3,7-9,12,14,16,22,32H,4,6,10-11H2,1H3,(H,30,31)/t12-,14-,16?,22?,24?/m1/s1. The minimum Gasteiger partial charge on any atom is -0.389 e. The summed E-state index contributed by atoms with van der Waals surface area (Å²) in [5, 5.41) is 21.2. The molecule has 2 aliphatic rings. The molecule has 2 fully saturated rings. The molecule has 0 aromatic heterocycles. The van der Waals surface area contributed by atoms with Gasteiger partial charge in [0.15, 0.2) is 27.3 Å². The third-order valence-corrected chi connectivity index (χ3v) is 9.90. The van der Waals surface area contributed by atoms with Gasteiger partial charge in [-0.1, -0.05) is 18.5 Å². The van der Waals surface area contributed by atoms with E-state index in [4.69, 9.17) is 16.9 Å². The zero-order chi connectivity index (χ0) is 25.7. The molecule has 2 saturated carbocycles. The minimum atomic E-state index is -4.05. The first kappa shape index (κ1) is 25.5. The molecular weight excluding hydrogens is 505 g/mol. The number of rotatable bonds is 5. The summed E-state index contributed by atoms with van der Waals surface area (Å²) in [6.07, 6.45) is 0.828. The van der Waals surface area contributed by atoms with Crippen LogP contribution in [0.5, 0.6) is 0 Å². The highest BCUT2D eigenvalue weighted by Gasteiger charge is 2.56. The Morgan fingerprint density at radius 3 is 2.49 bits per heavy atom. The van der Waals surface area contributed by atoms with E-state index < -0.39 is 50.0 Å². The number of fused-ring (bicyclic) bond motifs is 2. The van der Waals surface area contributed by atoms with Gasteiger partial charge in [-0.05, 0) is 55.2 Å². The highest BCUT2D eigenvalue weighted by molar-refractivity contribution is 7.92. The summed E-state index contributed by atoms with van der Waals surface area (Å²) >= 11 is 6.24. The number of benzene rings is 2. The number of aliphatic hydroxyl groups is 1. The first-order chi connectivity index (χ1) is 16.4. The van der Waals surface area contributed by atoms with Gasteiger partial charge in [0.1, 0.15) is 0 Å². The average Bonchev–Trinajstić information content (AvgIpc) is 2.99. The maximum atomic E-state index is 13.7. The van der Waals surface area contributed by atoms with Crippen LogP contribution in [0.3, 0.4) is 0 Å². The molecule has 11 heteroatoms. The van der Waals surface area contributed by atoms with E-state index in [0.29, 0.717) is 18.6 Å². The van der Waals surface area contributed by atoms with Gasteiger partial charge >= 0.3 is 0 Å². The largest absolute Gasteiger partial charge is 0.389 e. The molecular formula is C24H22ClF3N2O4S. The molecule has 2 aromatic carbocycles. The number of halogens is 4. The molecule has 6 nitrogen and oxygen atoms in total. The number of carbonyl (C=O) groups excluding carboxylic acids is 1. The van der Waals surface area contributed by atoms with Gasteiger partial charge in [0, 0.05) is 23.4 Å². The predicted octanol–water partition coefficient (Wildman–Crippen LogP) is 4.86. The van der Waals surface area contributed by atoms with Crippen LogP contribution in [0, 0.1) is 46.5 Å². The molecule has 3 unspecified atom stereocenters. The summed E-state index contributed by atoms with van der Waals surface area (Å²) in [4.78, 5) is 12.4. The lowest BCUT2D eigenvalue weighted by molar-refractivity contribution is -0.0170. The van der Waals surface area contributed by atoms with Crippen LogP contribution in [0.1, 0.15) is 43.0 Å². The van der Waals surface area contributed by atoms with Crippen molar-refractivity contribution < 1.29 is 31.5 Å². The Kier molecular flexibility index (Phi) is 6.64. The van der Waals surface area contributed by atoms with E-state index in [2.05, 4.69) is 5.32 Å². The molecule has 0 spiro atoms. The molecule has 0 heterocycles. The van der Waals surface area contributed by atoms with Crippen LogP contribution >= 0.6 is 11.6 Å². The zero-order valence-corrected chi connectivity index (χ0v) is 20.1. The minimum absolute atomic E-state index is 0.000943. The van der Waals surface area contributed by atoms with Gasteiger partial charge < -0.3 is 10.4 Å². The van der Waals surface area contributed by atoms with Crippen LogP contribution in [0.25, 0.3) is 0 Å². The highest BCUT2D eigenvalue weighted by atomic mass is 35.5. The number of anilines is 1. The van der Waals surface area contributed by atoms with Crippen molar-refractivity contribution in [2.75, 3.05) is 5.32 Å². The molecule has 0 aliphatic heterocycles. The van der Waals surface area contributed by atoms with Crippen molar-refractivity contribution in [1.29, 1.82) is 5.26 Å². The predicted molar refractivity (Wildman–Crippen MR) is 122 cm³/mol. The lowest BCUT2D eigenvalue weighted by atomic mass is 9.75. The van der Waals surface area contributed by atoms with Crippen molar-refractivity contribution in [2.45, 2.75) is 48.4 Å². The van der Waals surface area contributed by atoms with Crippen LogP contribution in [-0.2, 0) is 9.84 Å². The summed E-state index contributed by atoms with van der Waals surface area (Å²) in [5.41, 5.74) is -1.72. The van der Waals surface area contributed by atoms with Gasteiger partial charge in [-0.15, -0.1) is 0 Å². The summed E-state index contributed by atoms with van der Waals surface area (Å²) in [6.45, 7) is 1.91. The third kappa shape index (κ3) is 4.65. The molecule has 4 rings (SSSR count). The van der Waals surface area contributed by atoms with Crippen LogP contribution in [0.15, 0.2) is 35.2 Å². The Morgan fingerprint density at radius 2 is 1.89 bits per heavy atom. The maximum absolute atomic E-state index is 13.7. The Bertz CT molecular complexity index is 1320. The molecule has 2 N–H and O–H groups in total. The smallest absolute Gasteiger partial charge is 0.255 e. The highest BCUT2D eigenvalue weighted by Crippen LogP contribution is 2.54. The van der Waals surface area contributed by atoms with Gasteiger partial charge in [0.25, 0.3) is 5.91 Å². The quantitative estimate of drug-likeness (QED) is 0.541. The topological polar surface area (TPSA) is 107 Å². The number of carbonyl (C=O) groups is 1. The number of hydrogen-bond donors (Lipinski definition) is 2. The van der Waals surface area contributed by atoms with Crippen molar-refractivity contribution in [2.24, 2.45) is 17.8 Å². The summed E-state index contributed by atoms with van der Waals surface area (Å²) < 4.78 is 67.6. The average molecular weight is 527 g/mol. The fourth-order valence-corrected chi connectivity index (χ4v) is 8.51. The number of nitrogens with zero attached hydrogens (tertiary/aromatic N) is 1. The van der Waals surface area contributed by atoms with Gasteiger partial charge in [-0.3, -0.25) is 4.79 Å². The Balaban J connectivity index is 1.65. The van der Waals surface area contributed by atoms with E-state index >= 15 is 0 Å². The fraction of sp³-hybridized carbons (Fsp3) is 0.417. The van der Waals surface area contributed by atoms with Crippen LogP contribution in [-0.4, -0.2) is 30.3 Å². The number of sulfone groups is 1. The van der Waals surface area contributed by atoms with E-state index in [1.165, 1.54) is 12.1 Å². The van der Waals surface area contributed by atoms with Crippen molar-refractivity contribution in [1.82, 2.24) is 0 Å². The van der Waals surface area contributed by atoms with E-state index in [9.17, 15) is 31.5 Å². The SMILES string of the molecule is C[C@@H]1C[C@@H]2CC(O)(CC#N)CC1C2S(=O)(=O)c1cc(C(=O)Nc2cc(F)c(F)c(F)c2)ccc1Cl. The zero-order valence-electron chi connectivity index (χ0n) is 18.6. The van der Waals surface area contributed by atoms with Crippen molar-refractivity contribution in [3.63, 3.8) is 0 Å². The van der Waals surface area contributed by atoms with Crippen LogP contribution in [0.4, 0.5) is 18.9 Å². The fourth-order valence-electron chi connectivity index (χ4n) is 5.60. The normalized spacial score (nSPS) is 27.9. The van der Waals surface area contributed by atoms with Crippen LogP contribution < -0.4 is 5.32 Å². The summed E-state index contributed by atoms with van der Waals surface area (Å²) in [5.74, 6) is -6.30. The van der Waals surface area contributed by atoms with Crippen molar-refractivity contribution >= 4 is 33.0 Å². The molecule has 5 atom stereocenters. The van der Waals surface area contributed by atoms with Gasteiger partial charge in [-0.2, -0.15) is 5.26 Å². The maximum Gasteiger partial charge on any atom is 0.255 e. The number of nitriles is 1. The van der Waals surface area contributed by atoms with E-state index in [1.807, 2.05) is 13.0 Å². The molecule has 0 radical (unpaired) electrons. The van der Waals surface area contributed by atoms with Crippen molar-refractivity contribution in [3.05, 3.63) is 58.4 Å². The third-order valence-electron chi connectivity index (χ3n) is 7.06.